The lowest BCUT2D eigenvalue weighted by Crippen LogP contribution is -2.28. The fourth-order valence-corrected chi connectivity index (χ4v) is 1.94. The van der Waals surface area contributed by atoms with Gasteiger partial charge in [0.25, 0.3) is 0 Å². The third-order valence-electron chi connectivity index (χ3n) is 1.89. The molecule has 1 rings (SSSR count). The van der Waals surface area contributed by atoms with Crippen molar-refractivity contribution in [1.29, 1.82) is 0 Å². The van der Waals surface area contributed by atoms with Gasteiger partial charge in [-0.3, -0.25) is 4.52 Å². The van der Waals surface area contributed by atoms with Gasteiger partial charge in [-0.1, -0.05) is 12.8 Å². The molecule has 2 atom stereocenters. The average Bonchev–Trinajstić information content (AvgIpc) is 1.91. The van der Waals surface area contributed by atoms with Gasteiger partial charge in [-0.15, -0.1) is 0 Å². The molecule has 1 aliphatic rings. The van der Waals surface area contributed by atoms with Crippen LogP contribution in [0.1, 0.15) is 25.7 Å². The Labute approximate surface area is 70.0 Å². The van der Waals surface area contributed by atoms with Gasteiger partial charge in [-0.2, -0.15) is 0 Å². The first-order chi connectivity index (χ1) is 5.49. The number of rotatable bonds is 2. The lowest BCUT2D eigenvalue weighted by atomic mass is 9.96. The highest BCUT2D eigenvalue weighted by atomic mass is 31.2. The molecule has 1 fully saturated rings. The molecule has 0 amide bonds. The van der Waals surface area contributed by atoms with Gasteiger partial charge in [0, 0.05) is 0 Å². The predicted octanol–water partition coefficient (Wildman–Crippen LogP) is 1.38. The van der Waals surface area contributed by atoms with E-state index in [4.69, 9.17) is 9.79 Å². The zero-order chi connectivity index (χ0) is 9.19. The van der Waals surface area contributed by atoms with Crippen molar-refractivity contribution in [2.24, 2.45) is 0 Å². The first-order valence-corrected chi connectivity index (χ1v) is 5.40. The van der Waals surface area contributed by atoms with E-state index < -0.39 is 20.1 Å². The standard InChI is InChI=1S/C6H12FO4P/c7-5-3-1-2-4-6(5)11-12(8,9)10/h5-6H,1-4H2,(H2,8,9,10). The maximum atomic E-state index is 12.9. The van der Waals surface area contributed by atoms with Crippen LogP contribution in [0, 0.1) is 0 Å². The number of phosphoric acid groups is 1. The maximum Gasteiger partial charge on any atom is 0.469 e. The summed E-state index contributed by atoms with van der Waals surface area (Å²) in [6, 6.07) is 0. The third kappa shape index (κ3) is 3.19. The summed E-state index contributed by atoms with van der Waals surface area (Å²) in [6.07, 6.45) is 0.121. The first-order valence-electron chi connectivity index (χ1n) is 3.87. The van der Waals surface area contributed by atoms with Gasteiger partial charge >= 0.3 is 7.82 Å². The largest absolute Gasteiger partial charge is 0.469 e. The lowest BCUT2D eigenvalue weighted by Gasteiger charge is -2.25. The van der Waals surface area contributed by atoms with E-state index in [9.17, 15) is 8.96 Å². The zero-order valence-electron chi connectivity index (χ0n) is 6.52. The molecule has 12 heavy (non-hydrogen) atoms. The molecule has 0 aromatic carbocycles. The van der Waals surface area contributed by atoms with Crippen molar-refractivity contribution in [3.8, 4) is 0 Å². The van der Waals surface area contributed by atoms with Crippen molar-refractivity contribution >= 4 is 7.82 Å². The minimum atomic E-state index is -4.51. The number of hydrogen-bond donors (Lipinski definition) is 2. The van der Waals surface area contributed by atoms with E-state index in [-0.39, 0.29) is 0 Å². The van der Waals surface area contributed by atoms with Gasteiger partial charge < -0.3 is 9.79 Å². The Morgan fingerprint density at radius 1 is 1.33 bits per heavy atom. The summed E-state index contributed by atoms with van der Waals surface area (Å²) in [5.74, 6) is 0. The molecule has 2 unspecified atom stereocenters. The molecule has 0 saturated heterocycles. The van der Waals surface area contributed by atoms with E-state index in [1.54, 1.807) is 0 Å². The fourth-order valence-electron chi connectivity index (χ4n) is 1.35. The highest BCUT2D eigenvalue weighted by Crippen LogP contribution is 2.41. The molecule has 0 aromatic heterocycles. The normalized spacial score (nSPS) is 31.9. The summed E-state index contributed by atoms with van der Waals surface area (Å²) in [7, 11) is -4.51. The Kier molecular flexibility index (Phi) is 3.23. The predicted molar refractivity (Wildman–Crippen MR) is 40.3 cm³/mol. The van der Waals surface area contributed by atoms with Gasteiger partial charge in [0.1, 0.15) is 12.3 Å². The van der Waals surface area contributed by atoms with Gasteiger partial charge in [0.2, 0.25) is 0 Å². The Morgan fingerprint density at radius 3 is 2.42 bits per heavy atom. The van der Waals surface area contributed by atoms with Crippen LogP contribution in [-0.4, -0.2) is 22.1 Å². The molecular formula is C6H12FO4P. The molecule has 0 spiro atoms. The summed E-state index contributed by atoms with van der Waals surface area (Å²) in [6.45, 7) is 0. The van der Waals surface area contributed by atoms with Gasteiger partial charge in [0.05, 0.1) is 0 Å². The van der Waals surface area contributed by atoms with Crippen LogP contribution in [-0.2, 0) is 9.09 Å². The van der Waals surface area contributed by atoms with E-state index >= 15 is 0 Å². The molecule has 4 nitrogen and oxygen atoms in total. The van der Waals surface area contributed by atoms with Crippen LogP contribution in [0.25, 0.3) is 0 Å². The molecule has 6 heteroatoms. The van der Waals surface area contributed by atoms with Crippen LogP contribution in [0.2, 0.25) is 0 Å². The highest BCUT2D eigenvalue weighted by Gasteiger charge is 2.31. The second-order valence-corrected chi connectivity index (χ2v) is 4.13. The van der Waals surface area contributed by atoms with E-state index in [0.717, 1.165) is 12.8 Å². The Hall–Kier alpha value is 0.0400. The van der Waals surface area contributed by atoms with E-state index in [1.807, 2.05) is 0 Å². The van der Waals surface area contributed by atoms with Crippen molar-refractivity contribution in [3.63, 3.8) is 0 Å². The van der Waals surface area contributed by atoms with E-state index in [0.29, 0.717) is 12.8 Å². The van der Waals surface area contributed by atoms with Crippen LogP contribution in [0.15, 0.2) is 0 Å². The lowest BCUT2D eigenvalue weighted by molar-refractivity contribution is 0.0381. The molecule has 0 bridgehead atoms. The number of halogens is 1. The Morgan fingerprint density at radius 2 is 1.92 bits per heavy atom. The zero-order valence-corrected chi connectivity index (χ0v) is 7.41. The molecule has 0 heterocycles. The summed E-state index contributed by atoms with van der Waals surface area (Å²) in [4.78, 5) is 16.8. The van der Waals surface area contributed by atoms with Crippen molar-refractivity contribution in [3.05, 3.63) is 0 Å². The molecule has 0 radical (unpaired) electrons. The van der Waals surface area contributed by atoms with Crippen LogP contribution in [0.5, 0.6) is 0 Å². The van der Waals surface area contributed by atoms with E-state index in [1.165, 1.54) is 0 Å². The molecule has 2 N–H and O–H groups in total. The number of phosphoric ester groups is 1. The van der Waals surface area contributed by atoms with Crippen molar-refractivity contribution in [2.75, 3.05) is 0 Å². The molecule has 1 saturated carbocycles. The van der Waals surface area contributed by atoms with Crippen molar-refractivity contribution in [1.82, 2.24) is 0 Å². The molecule has 0 aromatic rings. The Bertz CT molecular complexity index is 192. The minimum absolute atomic E-state index is 0.338. The monoisotopic (exact) mass is 198 g/mol. The highest BCUT2D eigenvalue weighted by molar-refractivity contribution is 7.46. The SMILES string of the molecule is O=P(O)(O)OC1CCCCC1F. The topological polar surface area (TPSA) is 66.8 Å². The van der Waals surface area contributed by atoms with Crippen LogP contribution >= 0.6 is 7.82 Å². The minimum Gasteiger partial charge on any atom is -0.303 e. The second-order valence-electron chi connectivity index (χ2n) is 2.93. The first kappa shape index (κ1) is 10.1. The van der Waals surface area contributed by atoms with Gasteiger partial charge in [-0.25, -0.2) is 8.96 Å². The van der Waals surface area contributed by atoms with E-state index in [2.05, 4.69) is 4.52 Å². The van der Waals surface area contributed by atoms with Gasteiger partial charge in [0.15, 0.2) is 0 Å². The fraction of sp³-hybridized carbons (Fsp3) is 1.00. The molecule has 0 aliphatic heterocycles. The van der Waals surface area contributed by atoms with Crippen LogP contribution < -0.4 is 0 Å². The molecule has 72 valence electrons. The summed E-state index contributed by atoms with van der Waals surface area (Å²) >= 11 is 0. The third-order valence-corrected chi connectivity index (χ3v) is 2.44. The number of alkyl halides is 1. The second kappa shape index (κ2) is 3.83. The summed E-state index contributed by atoms with van der Waals surface area (Å²) < 4.78 is 27.5. The smallest absolute Gasteiger partial charge is 0.303 e. The quantitative estimate of drug-likeness (QED) is 0.657. The maximum absolute atomic E-state index is 12.9. The van der Waals surface area contributed by atoms with Crippen molar-refractivity contribution in [2.45, 2.75) is 38.0 Å². The summed E-state index contributed by atoms with van der Waals surface area (Å²) in [5, 5.41) is 0. The number of hydrogen-bond acceptors (Lipinski definition) is 2. The molecular weight excluding hydrogens is 186 g/mol. The van der Waals surface area contributed by atoms with Gasteiger partial charge in [-0.05, 0) is 12.8 Å². The Balaban J connectivity index is 2.44. The van der Waals surface area contributed by atoms with Crippen LogP contribution in [0.3, 0.4) is 0 Å². The molecule has 1 aliphatic carbocycles. The average molecular weight is 198 g/mol. The van der Waals surface area contributed by atoms with Crippen LogP contribution in [0.4, 0.5) is 4.39 Å². The summed E-state index contributed by atoms with van der Waals surface area (Å²) in [5.41, 5.74) is 0. The van der Waals surface area contributed by atoms with Crippen molar-refractivity contribution < 1.29 is 23.3 Å².